The van der Waals surface area contributed by atoms with Gasteiger partial charge in [0.2, 0.25) is 5.88 Å². The number of aliphatic imine (C=N–C) groups is 2. The van der Waals surface area contributed by atoms with Crippen molar-refractivity contribution in [1.82, 2.24) is 10.2 Å². The van der Waals surface area contributed by atoms with E-state index in [1.165, 1.54) is 6.07 Å². The van der Waals surface area contributed by atoms with Gasteiger partial charge in [-0.2, -0.15) is 0 Å². The Morgan fingerprint density at radius 3 is 3.08 bits per heavy atom. The molecule has 0 atom stereocenters. The van der Waals surface area contributed by atoms with Crippen molar-refractivity contribution in [3.8, 4) is 0 Å². The predicted octanol–water partition coefficient (Wildman–Crippen LogP) is 2.39. The summed E-state index contributed by atoms with van der Waals surface area (Å²) < 4.78 is 19.3. The van der Waals surface area contributed by atoms with Crippen molar-refractivity contribution in [3.05, 3.63) is 52.5 Å². The van der Waals surface area contributed by atoms with Gasteiger partial charge in [-0.15, -0.1) is 0 Å². The molecule has 0 aliphatic carbocycles. The largest absolute Gasteiger partial charge is 0.442 e. The van der Waals surface area contributed by atoms with Crippen LogP contribution >= 0.6 is 0 Å². The molecule has 1 aromatic heterocycles. The number of halogens is 1. The van der Waals surface area contributed by atoms with Gasteiger partial charge in [-0.25, -0.2) is 9.38 Å². The first kappa shape index (κ1) is 14.6. The van der Waals surface area contributed by atoms with Crippen molar-refractivity contribution in [2.45, 2.75) is 13.5 Å². The summed E-state index contributed by atoms with van der Waals surface area (Å²) >= 11 is 0. The van der Waals surface area contributed by atoms with E-state index in [0.717, 1.165) is 6.54 Å². The molecular formula is C17H15FN4O2. The first-order valence-corrected chi connectivity index (χ1v) is 7.66. The van der Waals surface area contributed by atoms with Crippen LogP contribution in [0, 0.1) is 12.7 Å². The monoisotopic (exact) mass is 326 g/mol. The fourth-order valence-corrected chi connectivity index (χ4v) is 2.93. The summed E-state index contributed by atoms with van der Waals surface area (Å²) in [6, 6.07) is 6.35. The summed E-state index contributed by atoms with van der Waals surface area (Å²) in [4.78, 5) is 23.2. The lowest BCUT2D eigenvalue weighted by Crippen LogP contribution is -2.32. The normalized spacial score (nSPS) is 15.1. The molecule has 7 heteroatoms. The predicted molar refractivity (Wildman–Crippen MR) is 87.3 cm³/mol. The minimum atomic E-state index is -0.348. The van der Waals surface area contributed by atoms with E-state index in [1.807, 2.05) is 4.90 Å². The van der Waals surface area contributed by atoms with Gasteiger partial charge in [0.25, 0.3) is 5.91 Å². The first-order chi connectivity index (χ1) is 11.6. The molecule has 2 aromatic rings. The lowest BCUT2D eigenvalue weighted by molar-refractivity contribution is 0.0949. The fourth-order valence-electron chi connectivity index (χ4n) is 2.93. The second-order valence-corrected chi connectivity index (χ2v) is 5.63. The van der Waals surface area contributed by atoms with Crippen LogP contribution in [0.4, 0.5) is 10.3 Å². The molecular weight excluding hydrogens is 311 g/mol. The third kappa shape index (κ3) is 2.29. The van der Waals surface area contributed by atoms with E-state index in [-0.39, 0.29) is 18.3 Å². The highest BCUT2D eigenvalue weighted by Crippen LogP contribution is 2.34. The molecule has 1 N–H and O–H groups in total. The summed E-state index contributed by atoms with van der Waals surface area (Å²) in [6.07, 6.45) is 1.66. The number of hydrogen-bond donors (Lipinski definition) is 1. The molecule has 6 nitrogen and oxygen atoms in total. The number of hydrogen-bond acceptors (Lipinski definition) is 5. The molecule has 2 aliphatic heterocycles. The number of amidine groups is 1. The van der Waals surface area contributed by atoms with Crippen LogP contribution in [0.1, 0.15) is 27.2 Å². The molecule has 4 rings (SSSR count). The molecule has 3 heterocycles. The van der Waals surface area contributed by atoms with Crippen LogP contribution in [-0.4, -0.2) is 36.1 Å². The van der Waals surface area contributed by atoms with E-state index < -0.39 is 0 Å². The lowest BCUT2D eigenvalue weighted by Gasteiger charge is -2.18. The third-order valence-corrected chi connectivity index (χ3v) is 4.10. The smallest absolute Gasteiger partial charge is 0.255 e. The summed E-state index contributed by atoms with van der Waals surface area (Å²) in [6.45, 7) is 3.20. The Hall–Kier alpha value is -2.96. The van der Waals surface area contributed by atoms with Crippen molar-refractivity contribution in [3.63, 3.8) is 0 Å². The Kier molecular flexibility index (Phi) is 3.41. The number of aryl methyl sites for hydroxylation is 1. The summed E-state index contributed by atoms with van der Waals surface area (Å²) in [5.74, 6) is 0.889. The molecule has 0 unspecified atom stereocenters. The zero-order chi connectivity index (χ0) is 16.7. The topological polar surface area (TPSA) is 70.2 Å². The zero-order valence-corrected chi connectivity index (χ0v) is 13.0. The first-order valence-electron chi connectivity index (χ1n) is 7.66. The summed E-state index contributed by atoms with van der Waals surface area (Å²) in [5.41, 5.74) is 1.45. The molecule has 0 radical (unpaired) electrons. The van der Waals surface area contributed by atoms with Gasteiger partial charge in [0.15, 0.2) is 0 Å². The second-order valence-electron chi connectivity index (χ2n) is 5.63. The van der Waals surface area contributed by atoms with E-state index in [4.69, 9.17) is 4.42 Å². The van der Waals surface area contributed by atoms with E-state index >= 15 is 0 Å². The summed E-state index contributed by atoms with van der Waals surface area (Å²) in [7, 11) is 0. The molecule has 24 heavy (non-hydrogen) atoms. The third-order valence-electron chi connectivity index (χ3n) is 4.10. The number of furan rings is 1. The van der Waals surface area contributed by atoms with Gasteiger partial charge in [-0.1, -0.05) is 18.2 Å². The van der Waals surface area contributed by atoms with E-state index in [1.54, 1.807) is 31.5 Å². The van der Waals surface area contributed by atoms with Crippen LogP contribution in [0.25, 0.3) is 0 Å². The Balaban J connectivity index is 1.63. The van der Waals surface area contributed by atoms with E-state index in [0.29, 0.717) is 40.7 Å². The Labute approximate surface area is 137 Å². The number of amides is 1. The molecule has 0 saturated heterocycles. The van der Waals surface area contributed by atoms with E-state index in [9.17, 15) is 9.18 Å². The van der Waals surface area contributed by atoms with Crippen LogP contribution in [0.15, 0.2) is 38.7 Å². The number of nitrogens with zero attached hydrogens (tertiary/aromatic N) is 3. The van der Waals surface area contributed by atoms with Gasteiger partial charge in [0.05, 0.1) is 17.7 Å². The van der Waals surface area contributed by atoms with Gasteiger partial charge < -0.3 is 14.6 Å². The van der Waals surface area contributed by atoms with Gasteiger partial charge in [-0.05, 0) is 13.0 Å². The summed E-state index contributed by atoms with van der Waals surface area (Å²) in [5, 5.41) is 2.75. The molecule has 1 aromatic carbocycles. The maximum absolute atomic E-state index is 13.7. The van der Waals surface area contributed by atoms with Crippen LogP contribution in [0.3, 0.4) is 0 Å². The van der Waals surface area contributed by atoms with Crippen LogP contribution in [0.2, 0.25) is 0 Å². The maximum atomic E-state index is 13.7. The number of benzene rings is 1. The molecule has 0 saturated carbocycles. The molecule has 0 spiro atoms. The number of carbonyl (C=O) groups is 1. The highest BCUT2D eigenvalue weighted by atomic mass is 19.1. The highest BCUT2D eigenvalue weighted by molar-refractivity contribution is 6.17. The lowest BCUT2D eigenvalue weighted by atomic mass is 10.1. The molecule has 1 amide bonds. The van der Waals surface area contributed by atoms with Crippen molar-refractivity contribution in [1.29, 1.82) is 0 Å². The van der Waals surface area contributed by atoms with Gasteiger partial charge >= 0.3 is 0 Å². The van der Waals surface area contributed by atoms with Gasteiger partial charge in [-0.3, -0.25) is 9.79 Å². The number of carbonyl (C=O) groups excluding carboxylic acids is 1. The Morgan fingerprint density at radius 2 is 2.25 bits per heavy atom. The van der Waals surface area contributed by atoms with E-state index in [2.05, 4.69) is 15.3 Å². The van der Waals surface area contributed by atoms with Crippen molar-refractivity contribution in [2.75, 3.05) is 13.1 Å². The number of fused-ring (bicyclic) bond motifs is 3. The average Bonchev–Trinajstić information content (AvgIpc) is 3.16. The van der Waals surface area contributed by atoms with Crippen LogP contribution < -0.4 is 5.32 Å². The minimum absolute atomic E-state index is 0.102. The Morgan fingerprint density at radius 1 is 1.42 bits per heavy atom. The van der Waals surface area contributed by atoms with Crippen molar-refractivity contribution < 1.29 is 13.6 Å². The molecule has 0 bridgehead atoms. The SMILES string of the molecule is Cc1oc2c(c1C(=O)NCc1ccccc1F)C1=NCCN1C=N2. The fraction of sp³-hybridized carbons (Fsp3) is 0.235. The standard InChI is InChI=1S/C17H15FN4O2/c1-10-13(16(23)20-8-11-4-2-3-5-12(11)18)14-15-19-6-7-22(15)9-21-17(14)24-10/h2-5,9H,6-8H2,1H3,(H,20,23). The van der Waals surface area contributed by atoms with Gasteiger partial charge in [0, 0.05) is 18.7 Å². The molecule has 0 fully saturated rings. The average molecular weight is 326 g/mol. The number of nitrogens with one attached hydrogen (secondary N) is 1. The molecule has 2 aliphatic rings. The maximum Gasteiger partial charge on any atom is 0.255 e. The minimum Gasteiger partial charge on any atom is -0.442 e. The van der Waals surface area contributed by atoms with Crippen molar-refractivity contribution >= 4 is 24.0 Å². The number of rotatable bonds is 3. The molecule has 122 valence electrons. The quantitative estimate of drug-likeness (QED) is 0.941. The van der Waals surface area contributed by atoms with Crippen LogP contribution in [-0.2, 0) is 6.54 Å². The Bertz CT molecular complexity index is 885. The van der Waals surface area contributed by atoms with Crippen molar-refractivity contribution in [2.24, 2.45) is 9.98 Å². The van der Waals surface area contributed by atoms with Crippen LogP contribution in [0.5, 0.6) is 0 Å². The zero-order valence-electron chi connectivity index (χ0n) is 13.0. The highest BCUT2D eigenvalue weighted by Gasteiger charge is 2.33. The second kappa shape index (κ2) is 5.59. The van der Waals surface area contributed by atoms with Gasteiger partial charge in [0.1, 0.15) is 23.8 Å².